The first-order chi connectivity index (χ1) is 14.5. The number of hydrogen-bond acceptors (Lipinski definition) is 7. The van der Waals surface area contributed by atoms with E-state index in [0.717, 1.165) is 42.8 Å². The molecule has 7 nitrogen and oxygen atoms in total. The van der Waals surface area contributed by atoms with Gasteiger partial charge in [0.2, 0.25) is 5.95 Å². The summed E-state index contributed by atoms with van der Waals surface area (Å²) in [7, 11) is 0.956. The highest BCUT2D eigenvalue weighted by Crippen LogP contribution is 2.47. The zero-order valence-electron chi connectivity index (χ0n) is 17.6. The van der Waals surface area contributed by atoms with E-state index >= 15 is 0 Å². The number of pyridine rings is 1. The zero-order chi connectivity index (χ0) is 20.9. The first-order valence-corrected chi connectivity index (χ1v) is 12.1. The Kier molecular flexibility index (Phi) is 5.01. The van der Waals surface area contributed by atoms with Crippen LogP contribution in [-0.2, 0) is 17.2 Å². The molecule has 8 heteroatoms. The van der Waals surface area contributed by atoms with E-state index in [2.05, 4.69) is 34.3 Å². The van der Waals surface area contributed by atoms with E-state index in [9.17, 15) is 9.32 Å². The first kappa shape index (κ1) is 19.9. The molecule has 2 saturated carbocycles. The molecule has 2 aromatic rings. The summed E-state index contributed by atoms with van der Waals surface area (Å²) in [6.07, 6.45) is 6.70. The number of nitrogens with zero attached hydrogens (tertiary/aromatic N) is 4. The summed E-state index contributed by atoms with van der Waals surface area (Å²) in [6, 6.07) is 4.26. The van der Waals surface area contributed by atoms with Crippen molar-refractivity contribution in [2.75, 3.05) is 36.2 Å². The minimum atomic E-state index is -1.07. The van der Waals surface area contributed by atoms with E-state index in [1.165, 1.54) is 11.3 Å². The molecule has 3 atom stereocenters. The van der Waals surface area contributed by atoms with E-state index in [1.54, 1.807) is 0 Å². The summed E-state index contributed by atoms with van der Waals surface area (Å²) in [6.45, 7) is 2.99. The Morgan fingerprint density at radius 2 is 2.17 bits per heavy atom. The second kappa shape index (κ2) is 7.57. The number of nitrogens with one attached hydrogen (secondary N) is 1. The molecule has 5 rings (SSSR count). The van der Waals surface area contributed by atoms with Crippen molar-refractivity contribution in [2.24, 2.45) is 5.92 Å². The molecular formula is C22H29N5O2S. The maximum Gasteiger partial charge on any atom is 0.227 e. The molecule has 2 fully saturated rings. The minimum absolute atomic E-state index is 0.0664. The summed E-state index contributed by atoms with van der Waals surface area (Å²) in [5.41, 5.74) is 2.90. The van der Waals surface area contributed by atoms with E-state index in [-0.39, 0.29) is 12.1 Å². The van der Waals surface area contributed by atoms with E-state index < -0.39 is 10.8 Å². The van der Waals surface area contributed by atoms with Crippen molar-refractivity contribution in [1.82, 2.24) is 15.0 Å². The van der Waals surface area contributed by atoms with Crippen LogP contribution in [0.15, 0.2) is 23.2 Å². The Bertz CT molecular complexity index is 971. The van der Waals surface area contributed by atoms with Gasteiger partial charge in [-0.25, -0.2) is 4.98 Å². The number of fused-ring (bicyclic) bond motifs is 1. The predicted octanol–water partition coefficient (Wildman–Crippen LogP) is 2.41. The highest BCUT2D eigenvalue weighted by atomic mass is 32.2. The maximum absolute atomic E-state index is 12.6. The Balaban J connectivity index is 1.35. The largest absolute Gasteiger partial charge is 0.394 e. The number of aliphatic hydroxyl groups excluding tert-OH is 1. The Hall–Kier alpha value is -2.06. The normalized spacial score (nSPS) is 26.0. The van der Waals surface area contributed by atoms with Gasteiger partial charge in [0.15, 0.2) is 0 Å². The van der Waals surface area contributed by atoms with Gasteiger partial charge in [0.05, 0.1) is 28.6 Å². The molecule has 0 amide bonds. The van der Waals surface area contributed by atoms with Crippen LogP contribution in [0.25, 0.3) is 0 Å². The van der Waals surface area contributed by atoms with E-state index in [4.69, 9.17) is 9.97 Å². The van der Waals surface area contributed by atoms with Crippen LogP contribution in [-0.4, -0.2) is 55.8 Å². The quantitative estimate of drug-likeness (QED) is 0.701. The molecule has 3 heterocycles. The van der Waals surface area contributed by atoms with Crippen LogP contribution in [0.5, 0.6) is 0 Å². The first-order valence-electron chi connectivity index (χ1n) is 10.8. The number of rotatable bonds is 7. The van der Waals surface area contributed by atoms with Crippen LogP contribution in [0.2, 0.25) is 0 Å². The molecule has 30 heavy (non-hydrogen) atoms. The molecule has 0 radical (unpaired) electrons. The van der Waals surface area contributed by atoms with E-state index in [1.807, 2.05) is 13.2 Å². The van der Waals surface area contributed by atoms with Crippen LogP contribution in [0.3, 0.4) is 0 Å². The smallest absolute Gasteiger partial charge is 0.227 e. The van der Waals surface area contributed by atoms with Gasteiger partial charge in [-0.1, -0.05) is 6.07 Å². The summed E-state index contributed by atoms with van der Waals surface area (Å²) < 4.78 is 12.6. The topological polar surface area (TPSA) is 91.2 Å². The third kappa shape index (κ3) is 3.60. The van der Waals surface area contributed by atoms with E-state index in [0.29, 0.717) is 35.8 Å². The molecule has 0 bridgehead atoms. The van der Waals surface area contributed by atoms with Gasteiger partial charge in [0.1, 0.15) is 10.7 Å². The molecular weight excluding hydrogens is 398 g/mol. The molecule has 2 aromatic heterocycles. The summed E-state index contributed by atoms with van der Waals surface area (Å²) in [5.74, 6) is 2.97. The second-order valence-corrected chi connectivity index (χ2v) is 10.6. The number of anilines is 2. The SMILES string of the molecule is Cc1ccc([C@@H]2C[C@H]2CN(C)c2nc3c(c(NC4(CO)CCC4)n2)[S@](=O)CC3)nc1. The van der Waals surface area contributed by atoms with Crippen LogP contribution in [0.4, 0.5) is 11.8 Å². The van der Waals surface area contributed by atoms with Gasteiger partial charge >= 0.3 is 0 Å². The third-order valence-corrected chi connectivity index (χ3v) is 8.22. The van der Waals surface area contributed by atoms with Gasteiger partial charge in [-0.15, -0.1) is 0 Å². The van der Waals surface area contributed by atoms with Gasteiger partial charge in [-0.3, -0.25) is 9.19 Å². The van der Waals surface area contributed by atoms with Crippen LogP contribution >= 0.6 is 0 Å². The molecule has 1 aliphatic heterocycles. The summed E-state index contributed by atoms with van der Waals surface area (Å²) in [4.78, 5) is 17.0. The number of aryl methyl sites for hydroxylation is 2. The van der Waals surface area contributed by atoms with Crippen molar-refractivity contribution in [3.63, 3.8) is 0 Å². The molecule has 2 N–H and O–H groups in total. The van der Waals surface area contributed by atoms with Crippen LogP contribution < -0.4 is 10.2 Å². The molecule has 0 aromatic carbocycles. The highest BCUT2D eigenvalue weighted by molar-refractivity contribution is 7.85. The number of aliphatic hydroxyl groups is 1. The Morgan fingerprint density at radius 1 is 1.33 bits per heavy atom. The van der Waals surface area contributed by atoms with Crippen molar-refractivity contribution in [3.05, 3.63) is 35.3 Å². The van der Waals surface area contributed by atoms with Gasteiger partial charge in [0, 0.05) is 43.6 Å². The molecule has 0 saturated heterocycles. The molecule has 160 valence electrons. The van der Waals surface area contributed by atoms with Crippen molar-refractivity contribution in [2.45, 2.75) is 55.4 Å². The van der Waals surface area contributed by atoms with Gasteiger partial charge < -0.3 is 15.3 Å². The second-order valence-electron chi connectivity index (χ2n) is 9.11. The minimum Gasteiger partial charge on any atom is -0.394 e. The fourth-order valence-electron chi connectivity index (χ4n) is 4.56. The zero-order valence-corrected chi connectivity index (χ0v) is 18.4. The third-order valence-electron chi connectivity index (χ3n) is 6.76. The van der Waals surface area contributed by atoms with Gasteiger partial charge in [0.25, 0.3) is 0 Å². The molecule has 3 aliphatic rings. The van der Waals surface area contributed by atoms with Crippen molar-refractivity contribution in [1.29, 1.82) is 0 Å². The van der Waals surface area contributed by atoms with Crippen LogP contribution in [0, 0.1) is 12.8 Å². The van der Waals surface area contributed by atoms with Gasteiger partial charge in [-0.2, -0.15) is 4.98 Å². The number of hydrogen-bond donors (Lipinski definition) is 2. The monoisotopic (exact) mass is 427 g/mol. The Morgan fingerprint density at radius 3 is 2.83 bits per heavy atom. The standard InChI is InChI=1S/C22H29N5O2S/c1-14-4-5-17(23-11-14)16-10-15(16)12-27(2)21-24-18-6-9-30(29)19(18)20(25-21)26-22(13-28)7-3-8-22/h4-5,11,15-16,28H,3,6-10,12-13H2,1-2H3,(H,24,25,26)/t15-,16+,30+/m0/s1. The average Bonchev–Trinajstić information content (AvgIpc) is 3.37. The lowest BCUT2D eigenvalue weighted by molar-refractivity contribution is 0.143. The summed E-state index contributed by atoms with van der Waals surface area (Å²) >= 11 is 0. The summed E-state index contributed by atoms with van der Waals surface area (Å²) in [5, 5.41) is 13.3. The average molecular weight is 428 g/mol. The molecule has 0 spiro atoms. The predicted molar refractivity (Wildman–Crippen MR) is 117 cm³/mol. The fraction of sp³-hybridized carbons (Fsp3) is 0.591. The lowest BCUT2D eigenvalue weighted by atomic mass is 9.77. The van der Waals surface area contributed by atoms with Crippen LogP contribution in [0.1, 0.15) is 48.6 Å². The fourth-order valence-corrected chi connectivity index (χ4v) is 5.87. The lowest BCUT2D eigenvalue weighted by Gasteiger charge is -2.41. The van der Waals surface area contributed by atoms with Gasteiger partial charge in [-0.05, 0) is 50.2 Å². The van der Waals surface area contributed by atoms with Crippen molar-refractivity contribution < 1.29 is 9.32 Å². The van der Waals surface area contributed by atoms with Crippen molar-refractivity contribution >= 4 is 22.6 Å². The molecule has 0 unspecified atom stereocenters. The van der Waals surface area contributed by atoms with Crippen molar-refractivity contribution in [3.8, 4) is 0 Å². The number of aromatic nitrogens is 3. The lowest BCUT2D eigenvalue weighted by Crippen LogP contribution is -2.48. The maximum atomic E-state index is 12.6. The highest BCUT2D eigenvalue weighted by Gasteiger charge is 2.41. The molecule has 2 aliphatic carbocycles. The Labute approximate surface area is 179 Å².